The van der Waals surface area contributed by atoms with E-state index in [0.717, 1.165) is 11.3 Å². The summed E-state index contributed by atoms with van der Waals surface area (Å²) in [5, 5.41) is 6.88. The number of carbonyl (C=O) groups excluding carboxylic acids is 1. The van der Waals surface area contributed by atoms with Crippen molar-refractivity contribution in [2.75, 3.05) is 31.7 Å². The number of aromatic amines is 1. The Kier molecular flexibility index (Phi) is 4.08. The van der Waals surface area contributed by atoms with Gasteiger partial charge in [-0.1, -0.05) is 0 Å². The molecule has 122 valence electrons. The summed E-state index contributed by atoms with van der Waals surface area (Å²) in [6.07, 6.45) is 0. The molecular weight excluding hydrogens is 318 g/mol. The third kappa shape index (κ3) is 3.37. The normalized spacial score (nSPS) is 17.0. The average Bonchev–Trinajstić information content (AvgIpc) is 3.04. The van der Waals surface area contributed by atoms with E-state index >= 15 is 0 Å². The number of H-pyrrole nitrogens is 1. The van der Waals surface area contributed by atoms with Crippen LogP contribution in [0.2, 0.25) is 0 Å². The van der Waals surface area contributed by atoms with Gasteiger partial charge in [0.2, 0.25) is 0 Å². The Morgan fingerprint density at radius 3 is 2.48 bits per heavy atom. The topological polar surface area (TPSA) is 92.4 Å². The minimum absolute atomic E-state index is 0.0121. The lowest BCUT2D eigenvalue weighted by Gasteiger charge is -2.26. The number of ether oxygens (including phenoxy) is 1. The Hall–Kier alpha value is -2.35. The fourth-order valence-electron chi connectivity index (χ4n) is 2.43. The summed E-state index contributed by atoms with van der Waals surface area (Å²) in [6, 6.07) is 9.03. The summed E-state index contributed by atoms with van der Waals surface area (Å²) in [5.74, 6) is 0.540. The van der Waals surface area contributed by atoms with Crippen LogP contribution in [0, 0.1) is 0 Å². The molecule has 23 heavy (non-hydrogen) atoms. The van der Waals surface area contributed by atoms with Crippen LogP contribution in [0.4, 0.5) is 0 Å². The van der Waals surface area contributed by atoms with Crippen LogP contribution < -0.4 is 4.74 Å². The summed E-state index contributed by atoms with van der Waals surface area (Å²) in [4.78, 5) is 13.9. The van der Waals surface area contributed by atoms with E-state index in [1.54, 1.807) is 13.2 Å². The van der Waals surface area contributed by atoms with Gasteiger partial charge in [0.05, 0.1) is 24.3 Å². The third-order valence-corrected chi connectivity index (χ3v) is 5.43. The van der Waals surface area contributed by atoms with Crippen molar-refractivity contribution < 1.29 is 17.9 Å². The molecule has 1 aromatic carbocycles. The zero-order valence-corrected chi connectivity index (χ0v) is 13.5. The Morgan fingerprint density at radius 1 is 1.22 bits per heavy atom. The van der Waals surface area contributed by atoms with Crippen LogP contribution in [0.5, 0.6) is 5.75 Å². The van der Waals surface area contributed by atoms with Crippen molar-refractivity contribution in [3.63, 3.8) is 0 Å². The fourth-order valence-corrected chi connectivity index (χ4v) is 3.63. The lowest BCUT2D eigenvalue weighted by molar-refractivity contribution is 0.0764. The molecule has 0 aliphatic carbocycles. The lowest BCUT2D eigenvalue weighted by Crippen LogP contribution is -2.43. The van der Waals surface area contributed by atoms with Crippen molar-refractivity contribution in [2.45, 2.75) is 0 Å². The quantitative estimate of drug-likeness (QED) is 0.902. The molecule has 0 unspecified atom stereocenters. The second-order valence-corrected chi connectivity index (χ2v) is 7.64. The van der Waals surface area contributed by atoms with Crippen molar-refractivity contribution in [3.05, 3.63) is 36.0 Å². The zero-order valence-electron chi connectivity index (χ0n) is 12.7. The monoisotopic (exact) mass is 335 g/mol. The van der Waals surface area contributed by atoms with Crippen LogP contribution in [-0.2, 0) is 9.84 Å². The molecule has 0 saturated carbocycles. The molecule has 0 bridgehead atoms. The molecule has 1 aliphatic heterocycles. The number of hydrogen-bond acceptors (Lipinski definition) is 5. The maximum absolute atomic E-state index is 12.4. The summed E-state index contributed by atoms with van der Waals surface area (Å²) in [7, 11) is -1.41. The van der Waals surface area contributed by atoms with Gasteiger partial charge >= 0.3 is 0 Å². The predicted octanol–water partition coefficient (Wildman–Crippen LogP) is 0.956. The minimum atomic E-state index is -3.01. The van der Waals surface area contributed by atoms with E-state index in [4.69, 9.17) is 4.74 Å². The molecule has 1 N–H and O–H groups in total. The number of amides is 1. The highest BCUT2D eigenvalue weighted by Gasteiger charge is 2.26. The Bertz CT molecular complexity index is 798. The molecule has 0 spiro atoms. The predicted molar refractivity (Wildman–Crippen MR) is 85.1 cm³/mol. The molecule has 1 aromatic heterocycles. The van der Waals surface area contributed by atoms with Crippen LogP contribution in [0.1, 0.15) is 10.5 Å². The SMILES string of the molecule is COc1ccc(-c2cc(C(=O)N3CCS(=O)(=O)CC3)[nH]n2)cc1. The molecule has 2 aromatic rings. The first kappa shape index (κ1) is 15.5. The highest BCUT2D eigenvalue weighted by molar-refractivity contribution is 7.91. The second kappa shape index (κ2) is 6.04. The Morgan fingerprint density at radius 2 is 1.87 bits per heavy atom. The average molecular weight is 335 g/mol. The molecule has 3 rings (SSSR count). The van der Waals surface area contributed by atoms with Gasteiger partial charge in [0, 0.05) is 18.7 Å². The van der Waals surface area contributed by atoms with Crippen molar-refractivity contribution in [2.24, 2.45) is 0 Å². The van der Waals surface area contributed by atoms with Crippen LogP contribution in [0.15, 0.2) is 30.3 Å². The molecule has 1 fully saturated rings. The molecule has 0 radical (unpaired) electrons. The van der Waals surface area contributed by atoms with Gasteiger partial charge in [-0.25, -0.2) is 8.42 Å². The lowest BCUT2D eigenvalue weighted by atomic mass is 10.1. The maximum Gasteiger partial charge on any atom is 0.271 e. The fraction of sp³-hybridized carbons (Fsp3) is 0.333. The highest BCUT2D eigenvalue weighted by Crippen LogP contribution is 2.21. The zero-order chi connectivity index (χ0) is 16.4. The number of carbonyl (C=O) groups is 1. The first-order chi connectivity index (χ1) is 11.0. The van der Waals surface area contributed by atoms with E-state index in [-0.39, 0.29) is 30.5 Å². The van der Waals surface area contributed by atoms with Crippen LogP contribution in [0.25, 0.3) is 11.3 Å². The van der Waals surface area contributed by atoms with Crippen molar-refractivity contribution in [3.8, 4) is 17.0 Å². The largest absolute Gasteiger partial charge is 0.497 e. The van der Waals surface area contributed by atoms with Crippen molar-refractivity contribution in [1.29, 1.82) is 0 Å². The molecule has 2 heterocycles. The summed E-state index contributed by atoms with van der Waals surface area (Å²) < 4.78 is 28.0. The number of rotatable bonds is 3. The number of hydrogen-bond donors (Lipinski definition) is 1. The van der Waals surface area contributed by atoms with E-state index in [1.165, 1.54) is 4.90 Å². The summed E-state index contributed by atoms with van der Waals surface area (Å²) >= 11 is 0. The highest BCUT2D eigenvalue weighted by atomic mass is 32.2. The number of nitrogens with zero attached hydrogens (tertiary/aromatic N) is 2. The number of aromatic nitrogens is 2. The molecule has 1 saturated heterocycles. The summed E-state index contributed by atoms with van der Waals surface area (Å²) in [5.41, 5.74) is 1.87. The van der Waals surface area contributed by atoms with E-state index in [9.17, 15) is 13.2 Å². The van der Waals surface area contributed by atoms with Crippen LogP contribution in [0.3, 0.4) is 0 Å². The molecule has 1 aliphatic rings. The first-order valence-electron chi connectivity index (χ1n) is 7.18. The first-order valence-corrected chi connectivity index (χ1v) is 9.00. The Labute approximate surface area is 134 Å². The van der Waals surface area contributed by atoms with Gasteiger partial charge in [0.1, 0.15) is 11.4 Å². The van der Waals surface area contributed by atoms with Gasteiger partial charge in [0.15, 0.2) is 9.84 Å². The van der Waals surface area contributed by atoms with E-state index in [2.05, 4.69) is 10.2 Å². The standard InChI is InChI=1S/C15H17N3O4S/c1-22-12-4-2-11(3-5-12)13-10-14(17-16-13)15(19)18-6-8-23(20,21)9-7-18/h2-5,10H,6-9H2,1H3,(H,16,17). The summed E-state index contributed by atoms with van der Waals surface area (Å²) in [6.45, 7) is 0.441. The van der Waals surface area contributed by atoms with Gasteiger partial charge < -0.3 is 9.64 Å². The smallest absolute Gasteiger partial charge is 0.271 e. The van der Waals surface area contributed by atoms with Gasteiger partial charge in [-0.05, 0) is 30.3 Å². The van der Waals surface area contributed by atoms with Crippen LogP contribution in [-0.4, -0.2) is 61.1 Å². The number of benzene rings is 1. The van der Waals surface area contributed by atoms with E-state index in [0.29, 0.717) is 11.4 Å². The molecular formula is C15H17N3O4S. The molecule has 8 heteroatoms. The molecule has 0 atom stereocenters. The third-order valence-electron chi connectivity index (χ3n) is 3.83. The maximum atomic E-state index is 12.4. The van der Waals surface area contributed by atoms with Crippen LogP contribution >= 0.6 is 0 Å². The number of sulfone groups is 1. The molecule has 7 nitrogen and oxygen atoms in total. The van der Waals surface area contributed by atoms with Gasteiger partial charge in [0.25, 0.3) is 5.91 Å². The minimum Gasteiger partial charge on any atom is -0.497 e. The van der Waals surface area contributed by atoms with Gasteiger partial charge in [-0.3, -0.25) is 9.89 Å². The number of nitrogens with one attached hydrogen (secondary N) is 1. The van der Waals surface area contributed by atoms with E-state index < -0.39 is 9.84 Å². The second-order valence-electron chi connectivity index (χ2n) is 5.34. The Balaban J connectivity index is 1.74. The van der Waals surface area contributed by atoms with E-state index in [1.807, 2.05) is 24.3 Å². The van der Waals surface area contributed by atoms with Crippen molar-refractivity contribution >= 4 is 15.7 Å². The number of methoxy groups -OCH3 is 1. The van der Waals surface area contributed by atoms with Gasteiger partial charge in [-0.2, -0.15) is 5.10 Å². The molecule has 1 amide bonds. The van der Waals surface area contributed by atoms with Crippen molar-refractivity contribution in [1.82, 2.24) is 15.1 Å². The van der Waals surface area contributed by atoms with Gasteiger partial charge in [-0.15, -0.1) is 0 Å².